The van der Waals surface area contributed by atoms with Gasteiger partial charge in [-0.25, -0.2) is 0 Å². The first-order valence-corrected chi connectivity index (χ1v) is 4.63. The zero-order valence-electron chi connectivity index (χ0n) is 8.10. The summed E-state index contributed by atoms with van der Waals surface area (Å²) >= 11 is 5.46. The first kappa shape index (κ1) is 12.4. The van der Waals surface area contributed by atoms with E-state index in [4.69, 9.17) is 16.7 Å². The smallest absolute Gasteiger partial charge is 0.410 e. The van der Waals surface area contributed by atoms with E-state index >= 15 is 0 Å². The third-order valence-corrected chi connectivity index (χ3v) is 3.04. The second kappa shape index (κ2) is 3.40. The summed E-state index contributed by atoms with van der Waals surface area (Å²) in [5, 5.41) is 8.31. The van der Waals surface area contributed by atoms with Gasteiger partial charge in [0.2, 0.25) is 0 Å². The number of carboxylic acid groups (broad SMARTS) is 1. The second-order valence-corrected chi connectivity index (χ2v) is 4.62. The fourth-order valence-electron chi connectivity index (χ4n) is 1.86. The molecule has 0 spiro atoms. The van der Waals surface area contributed by atoms with Crippen molar-refractivity contribution in [2.45, 2.75) is 20.0 Å². The van der Waals surface area contributed by atoms with Crippen LogP contribution in [-0.4, -0.2) is 17.3 Å². The van der Waals surface area contributed by atoms with Gasteiger partial charge < -0.3 is 5.11 Å². The highest BCUT2D eigenvalue weighted by molar-refractivity contribution is 6.30. The van der Waals surface area contributed by atoms with Crippen LogP contribution in [0.4, 0.5) is 13.2 Å². The highest BCUT2D eigenvalue weighted by Crippen LogP contribution is 2.62. The Morgan fingerprint density at radius 2 is 1.87 bits per heavy atom. The Kier molecular flexibility index (Phi) is 2.80. The summed E-state index contributed by atoms with van der Waals surface area (Å²) in [6.07, 6.45) is -4.54. The Labute approximate surface area is 89.7 Å². The molecule has 0 amide bonds. The van der Waals surface area contributed by atoms with Crippen molar-refractivity contribution in [2.75, 3.05) is 0 Å². The highest BCUT2D eigenvalue weighted by Gasteiger charge is 2.63. The van der Waals surface area contributed by atoms with Gasteiger partial charge in [0.05, 0.1) is 5.92 Å². The Bertz CT molecular complexity index is 320. The molecule has 0 unspecified atom stereocenters. The summed E-state index contributed by atoms with van der Waals surface area (Å²) in [4.78, 5) is 10.7. The van der Waals surface area contributed by atoms with E-state index in [-0.39, 0.29) is 6.08 Å². The van der Waals surface area contributed by atoms with Crippen LogP contribution in [0.15, 0.2) is 11.1 Å². The number of carbonyl (C=O) groups is 1. The average Bonchev–Trinajstić information content (AvgIpc) is 2.49. The van der Waals surface area contributed by atoms with Crippen LogP contribution in [0.1, 0.15) is 13.8 Å². The molecule has 0 radical (unpaired) electrons. The van der Waals surface area contributed by atoms with Crippen LogP contribution < -0.4 is 0 Å². The first-order valence-electron chi connectivity index (χ1n) is 4.25. The quantitative estimate of drug-likeness (QED) is 0.808. The van der Waals surface area contributed by atoms with Gasteiger partial charge in [0.1, 0.15) is 0 Å². The number of alkyl halides is 3. The fourth-order valence-corrected chi connectivity index (χ4v) is 2.39. The molecule has 1 aliphatic carbocycles. The number of rotatable bonds is 2. The molecule has 2 atom stereocenters. The summed E-state index contributed by atoms with van der Waals surface area (Å²) in [6, 6.07) is 0. The Balaban J connectivity index is 2.85. The second-order valence-electron chi connectivity index (χ2n) is 4.19. The van der Waals surface area contributed by atoms with Gasteiger partial charge in [0, 0.05) is 17.0 Å². The topological polar surface area (TPSA) is 37.3 Å². The van der Waals surface area contributed by atoms with Crippen LogP contribution in [0, 0.1) is 17.3 Å². The summed E-state index contributed by atoms with van der Waals surface area (Å²) in [5.41, 5.74) is -0.704. The van der Waals surface area contributed by atoms with E-state index in [0.29, 0.717) is 0 Å². The molecule has 1 fully saturated rings. The largest absolute Gasteiger partial charge is 0.481 e. The Hall–Kier alpha value is -0.710. The number of carboxylic acids is 1. The van der Waals surface area contributed by atoms with Crippen molar-refractivity contribution < 1.29 is 23.1 Å². The molecule has 1 N–H and O–H groups in total. The molecule has 1 aliphatic rings. The first-order chi connectivity index (χ1) is 6.57. The van der Waals surface area contributed by atoms with E-state index in [1.165, 1.54) is 0 Å². The van der Waals surface area contributed by atoms with Crippen LogP contribution in [0.25, 0.3) is 0 Å². The lowest BCUT2D eigenvalue weighted by molar-refractivity contribution is -0.139. The standard InChI is InChI=1S/C9H10ClF3O2/c1-8(2)5(6(8)7(14)15)4(10)3-9(11,12)13/h3,5-6H,1-2H3,(H,14,15)/t5-,6-/m1/s1. The van der Waals surface area contributed by atoms with Gasteiger partial charge in [-0.2, -0.15) is 13.2 Å². The van der Waals surface area contributed by atoms with Crippen molar-refractivity contribution in [1.82, 2.24) is 0 Å². The molecule has 15 heavy (non-hydrogen) atoms. The summed E-state index contributed by atoms with van der Waals surface area (Å²) in [7, 11) is 0. The lowest BCUT2D eigenvalue weighted by Crippen LogP contribution is -2.04. The van der Waals surface area contributed by atoms with Crippen LogP contribution in [-0.2, 0) is 4.79 Å². The summed E-state index contributed by atoms with van der Waals surface area (Å²) in [6.45, 7) is 3.17. The van der Waals surface area contributed by atoms with Crippen LogP contribution in [0.3, 0.4) is 0 Å². The number of hydrogen-bond acceptors (Lipinski definition) is 1. The molecule has 0 aromatic carbocycles. The maximum absolute atomic E-state index is 12.0. The molecule has 0 aromatic rings. The molecule has 0 heterocycles. The molecule has 86 valence electrons. The van der Waals surface area contributed by atoms with E-state index in [9.17, 15) is 18.0 Å². The van der Waals surface area contributed by atoms with E-state index in [1.807, 2.05) is 0 Å². The number of halogens is 4. The Morgan fingerprint density at radius 3 is 2.13 bits per heavy atom. The minimum absolute atomic E-state index is 0.0378. The molecular formula is C9H10ClF3O2. The van der Waals surface area contributed by atoms with Gasteiger partial charge >= 0.3 is 12.1 Å². The van der Waals surface area contributed by atoms with Gasteiger partial charge in [-0.15, -0.1) is 0 Å². The lowest BCUT2D eigenvalue weighted by atomic mass is 10.1. The van der Waals surface area contributed by atoms with Crippen LogP contribution in [0.5, 0.6) is 0 Å². The molecular weight excluding hydrogens is 233 g/mol. The van der Waals surface area contributed by atoms with Crippen molar-refractivity contribution in [3.8, 4) is 0 Å². The number of allylic oxidation sites excluding steroid dienone is 2. The maximum Gasteiger partial charge on any atom is 0.410 e. The zero-order chi connectivity index (χ0) is 12.0. The van der Waals surface area contributed by atoms with Gasteiger partial charge in [-0.1, -0.05) is 25.4 Å². The average molecular weight is 243 g/mol. The molecule has 0 bridgehead atoms. The molecule has 1 saturated carbocycles. The molecule has 0 aromatic heterocycles. The van der Waals surface area contributed by atoms with Gasteiger partial charge in [0.25, 0.3) is 0 Å². The van der Waals surface area contributed by atoms with Crippen molar-refractivity contribution in [1.29, 1.82) is 0 Å². The molecule has 6 heteroatoms. The van der Waals surface area contributed by atoms with Gasteiger partial charge in [-0.3, -0.25) is 4.79 Å². The van der Waals surface area contributed by atoms with E-state index < -0.39 is 34.4 Å². The Morgan fingerprint density at radius 1 is 1.40 bits per heavy atom. The highest BCUT2D eigenvalue weighted by atomic mass is 35.5. The molecule has 0 aliphatic heterocycles. The van der Waals surface area contributed by atoms with Gasteiger partial charge in [-0.05, 0) is 5.41 Å². The molecule has 0 saturated heterocycles. The van der Waals surface area contributed by atoms with Crippen molar-refractivity contribution in [3.63, 3.8) is 0 Å². The predicted octanol–water partition coefficient (Wildman–Crippen LogP) is 3.03. The van der Waals surface area contributed by atoms with Crippen LogP contribution >= 0.6 is 11.6 Å². The summed E-state index contributed by atoms with van der Waals surface area (Å²) in [5.74, 6) is -2.68. The van der Waals surface area contributed by atoms with E-state index in [0.717, 1.165) is 0 Å². The van der Waals surface area contributed by atoms with Crippen molar-refractivity contribution >= 4 is 17.6 Å². The summed E-state index contributed by atoms with van der Waals surface area (Å²) < 4.78 is 35.9. The third kappa shape index (κ3) is 2.45. The van der Waals surface area contributed by atoms with Gasteiger partial charge in [0.15, 0.2) is 0 Å². The van der Waals surface area contributed by atoms with E-state index in [1.54, 1.807) is 13.8 Å². The van der Waals surface area contributed by atoms with Crippen molar-refractivity contribution in [3.05, 3.63) is 11.1 Å². The maximum atomic E-state index is 12.0. The molecule has 2 nitrogen and oxygen atoms in total. The number of hydrogen-bond donors (Lipinski definition) is 1. The van der Waals surface area contributed by atoms with Crippen LogP contribution in [0.2, 0.25) is 0 Å². The monoisotopic (exact) mass is 242 g/mol. The number of aliphatic carboxylic acids is 1. The third-order valence-electron chi connectivity index (χ3n) is 2.69. The fraction of sp³-hybridized carbons (Fsp3) is 0.667. The lowest BCUT2D eigenvalue weighted by Gasteiger charge is -2.03. The minimum atomic E-state index is -4.50. The predicted molar refractivity (Wildman–Crippen MR) is 48.4 cm³/mol. The zero-order valence-corrected chi connectivity index (χ0v) is 8.86. The SMILES string of the molecule is CC1(C)[C@H](C(Cl)=CC(F)(F)F)[C@@H]1C(=O)O. The normalized spacial score (nSPS) is 30.1. The van der Waals surface area contributed by atoms with E-state index in [2.05, 4.69) is 0 Å². The van der Waals surface area contributed by atoms with Crippen molar-refractivity contribution in [2.24, 2.45) is 17.3 Å². The molecule has 1 rings (SSSR count). The minimum Gasteiger partial charge on any atom is -0.481 e.